The third-order valence-corrected chi connectivity index (χ3v) is 3.39. The van der Waals surface area contributed by atoms with Gasteiger partial charge in [-0.15, -0.1) is 5.10 Å². The predicted molar refractivity (Wildman–Crippen MR) is 82.2 cm³/mol. The lowest BCUT2D eigenvalue weighted by molar-refractivity contribution is -0.142. The maximum Gasteiger partial charge on any atom is 0.331 e. The number of amides is 1. The third kappa shape index (κ3) is 3.45. The molecule has 0 aliphatic rings. The lowest BCUT2D eigenvalue weighted by Gasteiger charge is -2.26. The number of ether oxygens (including phenoxy) is 1. The first-order valence-corrected chi connectivity index (χ1v) is 6.89. The molecule has 120 valence electrons. The van der Waals surface area contributed by atoms with E-state index in [9.17, 15) is 14.7 Å². The first-order valence-electron chi connectivity index (χ1n) is 6.89. The first kappa shape index (κ1) is 16.4. The molecule has 0 saturated heterocycles. The molecule has 1 amide bonds. The maximum atomic E-state index is 12.5. The maximum absolute atomic E-state index is 12.5. The number of para-hydroxylation sites is 1. The Labute approximate surface area is 133 Å². The molecule has 1 N–H and O–H groups in total. The molecule has 1 unspecified atom stereocenters. The number of aryl methyl sites for hydroxylation is 1. The number of aromatic nitrogens is 2. The number of hydrogen-bond acceptors (Lipinski definition) is 5. The number of nitrogens with zero attached hydrogens (tertiary/aromatic N) is 3. The molecule has 7 nitrogen and oxygen atoms in total. The van der Waals surface area contributed by atoms with Crippen molar-refractivity contribution in [1.82, 2.24) is 15.1 Å². The number of rotatable bonds is 5. The van der Waals surface area contributed by atoms with Gasteiger partial charge in [-0.25, -0.2) is 4.79 Å². The second-order valence-electron chi connectivity index (χ2n) is 4.96. The molecule has 2 aromatic rings. The fourth-order valence-corrected chi connectivity index (χ4v) is 2.21. The van der Waals surface area contributed by atoms with E-state index in [0.29, 0.717) is 17.0 Å². The normalized spacial score (nSPS) is 11.6. The van der Waals surface area contributed by atoms with E-state index in [2.05, 4.69) is 10.2 Å². The highest BCUT2D eigenvalue weighted by Gasteiger charge is 2.31. The van der Waals surface area contributed by atoms with Gasteiger partial charge in [0, 0.05) is 12.6 Å². The topological polar surface area (TPSA) is 92.6 Å². The second kappa shape index (κ2) is 6.87. The Bertz CT molecular complexity index is 716. The van der Waals surface area contributed by atoms with Crippen molar-refractivity contribution in [3.8, 4) is 5.75 Å². The summed E-state index contributed by atoms with van der Waals surface area (Å²) in [6.45, 7) is 1.75. The Hall–Kier alpha value is -2.96. The van der Waals surface area contributed by atoms with Gasteiger partial charge in [0.2, 0.25) is 0 Å². The highest BCUT2D eigenvalue weighted by molar-refractivity contribution is 5.95. The van der Waals surface area contributed by atoms with Crippen molar-refractivity contribution in [2.45, 2.75) is 13.0 Å². The van der Waals surface area contributed by atoms with Crippen molar-refractivity contribution in [3.05, 3.63) is 53.3 Å². The van der Waals surface area contributed by atoms with E-state index in [1.807, 2.05) is 0 Å². The van der Waals surface area contributed by atoms with Crippen molar-refractivity contribution in [2.75, 3.05) is 14.2 Å². The summed E-state index contributed by atoms with van der Waals surface area (Å²) in [5.41, 5.74) is 1.14. The number of likely N-dealkylation sites (N-methyl/N-ethyl adjacent to an activating group) is 1. The van der Waals surface area contributed by atoms with Crippen molar-refractivity contribution in [1.29, 1.82) is 0 Å². The lowest BCUT2D eigenvalue weighted by Crippen LogP contribution is -2.36. The van der Waals surface area contributed by atoms with Crippen LogP contribution in [0.3, 0.4) is 0 Å². The van der Waals surface area contributed by atoms with E-state index < -0.39 is 17.9 Å². The van der Waals surface area contributed by atoms with Gasteiger partial charge in [0.15, 0.2) is 11.7 Å². The summed E-state index contributed by atoms with van der Waals surface area (Å²) in [7, 11) is 2.86. The van der Waals surface area contributed by atoms with E-state index in [0.717, 1.165) is 4.90 Å². The molecule has 0 fully saturated rings. The molecule has 0 radical (unpaired) electrons. The first-order chi connectivity index (χ1) is 11.0. The SMILES string of the molecule is COc1ccccc1C(C(=O)O)N(C)C(=O)c1ccc(C)nn1. The summed E-state index contributed by atoms with van der Waals surface area (Å²) in [4.78, 5) is 25.3. The molecule has 2 rings (SSSR count). The standard InChI is InChI=1S/C16H17N3O4/c1-10-8-9-12(18-17-10)15(20)19(2)14(16(21)22)11-6-4-5-7-13(11)23-3/h4-9,14H,1-3H3,(H,21,22). The summed E-state index contributed by atoms with van der Waals surface area (Å²) in [6, 6.07) is 8.65. The van der Waals surface area contributed by atoms with Crippen LogP contribution < -0.4 is 4.74 Å². The second-order valence-corrected chi connectivity index (χ2v) is 4.96. The molecule has 1 heterocycles. The van der Waals surface area contributed by atoms with Crippen LogP contribution in [0.5, 0.6) is 5.75 Å². The molecule has 23 heavy (non-hydrogen) atoms. The Morgan fingerprint density at radius 3 is 2.43 bits per heavy atom. The smallest absolute Gasteiger partial charge is 0.331 e. The van der Waals surface area contributed by atoms with Crippen LogP contribution >= 0.6 is 0 Å². The van der Waals surface area contributed by atoms with Gasteiger partial charge in [0.25, 0.3) is 5.91 Å². The van der Waals surface area contributed by atoms with Gasteiger partial charge < -0.3 is 14.7 Å². The number of carbonyl (C=O) groups excluding carboxylic acids is 1. The van der Waals surface area contributed by atoms with Crippen LogP contribution in [0.25, 0.3) is 0 Å². The van der Waals surface area contributed by atoms with Gasteiger partial charge >= 0.3 is 5.97 Å². The van der Waals surface area contributed by atoms with Gasteiger partial charge in [-0.2, -0.15) is 5.10 Å². The Morgan fingerprint density at radius 1 is 1.17 bits per heavy atom. The van der Waals surface area contributed by atoms with Crippen molar-refractivity contribution < 1.29 is 19.4 Å². The molecule has 1 atom stereocenters. The highest BCUT2D eigenvalue weighted by Crippen LogP contribution is 2.29. The van der Waals surface area contributed by atoms with Crippen LogP contribution in [0.1, 0.15) is 27.8 Å². The number of carboxylic acids is 1. The molecule has 1 aromatic heterocycles. The third-order valence-electron chi connectivity index (χ3n) is 3.39. The van der Waals surface area contributed by atoms with Gasteiger partial charge in [0.1, 0.15) is 5.75 Å². The van der Waals surface area contributed by atoms with Crippen LogP contribution in [0, 0.1) is 6.92 Å². The number of carboxylic acid groups (broad SMARTS) is 1. The zero-order valence-corrected chi connectivity index (χ0v) is 13.1. The molecule has 0 bridgehead atoms. The molecule has 0 spiro atoms. The van der Waals surface area contributed by atoms with Crippen molar-refractivity contribution in [3.63, 3.8) is 0 Å². The van der Waals surface area contributed by atoms with E-state index >= 15 is 0 Å². The Kier molecular flexibility index (Phi) is 4.90. The highest BCUT2D eigenvalue weighted by atomic mass is 16.5. The van der Waals surface area contributed by atoms with E-state index in [-0.39, 0.29) is 5.69 Å². The largest absolute Gasteiger partial charge is 0.496 e. The average Bonchev–Trinajstić information content (AvgIpc) is 2.55. The van der Waals surface area contributed by atoms with Gasteiger partial charge in [-0.1, -0.05) is 18.2 Å². The molecular weight excluding hydrogens is 298 g/mol. The van der Waals surface area contributed by atoms with E-state index in [1.165, 1.54) is 20.2 Å². The summed E-state index contributed by atoms with van der Waals surface area (Å²) in [5, 5.41) is 17.2. The lowest BCUT2D eigenvalue weighted by atomic mass is 10.0. The molecule has 0 aliphatic heterocycles. The fraction of sp³-hybridized carbons (Fsp3) is 0.250. The van der Waals surface area contributed by atoms with Gasteiger partial charge in [0.05, 0.1) is 12.8 Å². The number of carbonyl (C=O) groups is 2. The van der Waals surface area contributed by atoms with Crippen LogP contribution in [0.4, 0.5) is 0 Å². The zero-order valence-electron chi connectivity index (χ0n) is 13.1. The molecule has 0 saturated carbocycles. The minimum Gasteiger partial charge on any atom is -0.496 e. The summed E-state index contributed by atoms with van der Waals surface area (Å²) < 4.78 is 5.20. The van der Waals surface area contributed by atoms with Crippen LogP contribution in [-0.2, 0) is 4.79 Å². The Morgan fingerprint density at radius 2 is 1.87 bits per heavy atom. The van der Waals surface area contributed by atoms with Gasteiger partial charge in [-0.05, 0) is 25.1 Å². The minimum absolute atomic E-state index is 0.0826. The number of aliphatic carboxylic acids is 1. The van der Waals surface area contributed by atoms with Crippen LogP contribution in [0.15, 0.2) is 36.4 Å². The monoisotopic (exact) mass is 315 g/mol. The quantitative estimate of drug-likeness (QED) is 0.902. The Balaban J connectivity index is 2.39. The van der Waals surface area contributed by atoms with Gasteiger partial charge in [-0.3, -0.25) is 4.79 Å². The van der Waals surface area contributed by atoms with Crippen molar-refractivity contribution in [2.24, 2.45) is 0 Å². The van der Waals surface area contributed by atoms with E-state index in [4.69, 9.17) is 4.74 Å². The fourth-order valence-electron chi connectivity index (χ4n) is 2.21. The number of benzene rings is 1. The summed E-state index contributed by atoms with van der Waals surface area (Å²) in [5.74, 6) is -1.30. The van der Waals surface area contributed by atoms with Crippen LogP contribution in [-0.4, -0.2) is 46.2 Å². The molecule has 7 heteroatoms. The zero-order chi connectivity index (χ0) is 17.0. The number of methoxy groups -OCH3 is 1. The molecule has 1 aromatic carbocycles. The summed E-state index contributed by atoms with van der Waals surface area (Å²) >= 11 is 0. The van der Waals surface area contributed by atoms with Crippen molar-refractivity contribution >= 4 is 11.9 Å². The predicted octanol–water partition coefficient (Wildman–Crippen LogP) is 1.69. The number of hydrogen-bond donors (Lipinski definition) is 1. The molecular formula is C16H17N3O4. The van der Waals surface area contributed by atoms with Crippen LogP contribution in [0.2, 0.25) is 0 Å². The van der Waals surface area contributed by atoms with E-state index in [1.54, 1.807) is 37.3 Å². The summed E-state index contributed by atoms with van der Waals surface area (Å²) in [6.07, 6.45) is 0. The minimum atomic E-state index is -1.19. The average molecular weight is 315 g/mol. The molecule has 0 aliphatic carbocycles.